The lowest BCUT2D eigenvalue weighted by Gasteiger charge is -2.16. The molecule has 3 rings (SSSR count). The molecule has 0 radical (unpaired) electrons. The van der Waals surface area contributed by atoms with Gasteiger partial charge >= 0.3 is 0 Å². The Balaban J connectivity index is 1.70. The molecule has 3 aromatic carbocycles. The van der Waals surface area contributed by atoms with Crippen LogP contribution >= 0.6 is 23.2 Å². The maximum Gasteiger partial charge on any atom is 0.180 e. The van der Waals surface area contributed by atoms with Crippen LogP contribution in [-0.4, -0.2) is 6.61 Å². The van der Waals surface area contributed by atoms with E-state index in [-0.39, 0.29) is 12.4 Å². The van der Waals surface area contributed by atoms with E-state index in [1.54, 1.807) is 6.07 Å². The highest BCUT2D eigenvalue weighted by Gasteiger charge is 2.14. The molecule has 0 unspecified atom stereocenters. The van der Waals surface area contributed by atoms with Crippen LogP contribution in [0.25, 0.3) is 0 Å². The molecule has 0 spiro atoms. The fourth-order valence-corrected chi connectivity index (χ4v) is 3.37. The van der Waals surface area contributed by atoms with Crippen molar-refractivity contribution in [2.24, 2.45) is 0 Å². The maximum absolute atomic E-state index is 13.2. The predicted molar refractivity (Wildman–Crippen MR) is 115 cm³/mol. The lowest BCUT2D eigenvalue weighted by atomic mass is 10.1. The largest absolute Gasteiger partial charge is 0.490 e. The van der Waals surface area contributed by atoms with Crippen molar-refractivity contribution < 1.29 is 13.9 Å². The molecule has 3 nitrogen and oxygen atoms in total. The Morgan fingerprint density at radius 1 is 0.862 bits per heavy atom. The van der Waals surface area contributed by atoms with E-state index in [0.29, 0.717) is 40.3 Å². The first-order valence-electron chi connectivity index (χ1n) is 9.33. The Hall–Kier alpha value is -2.27. The number of ether oxygens (including phenoxy) is 2. The Morgan fingerprint density at radius 3 is 2.34 bits per heavy atom. The van der Waals surface area contributed by atoms with E-state index in [0.717, 1.165) is 12.1 Å². The molecule has 0 saturated heterocycles. The van der Waals surface area contributed by atoms with Gasteiger partial charge in [0.15, 0.2) is 11.5 Å². The third-order valence-electron chi connectivity index (χ3n) is 4.26. The van der Waals surface area contributed by atoms with E-state index in [1.807, 2.05) is 37.3 Å². The van der Waals surface area contributed by atoms with Gasteiger partial charge in [-0.3, -0.25) is 0 Å². The first-order valence-corrected chi connectivity index (χ1v) is 10.1. The van der Waals surface area contributed by atoms with E-state index in [1.165, 1.54) is 17.7 Å². The molecule has 6 heteroatoms. The molecule has 0 amide bonds. The number of benzene rings is 3. The van der Waals surface area contributed by atoms with Gasteiger partial charge in [-0.2, -0.15) is 0 Å². The molecule has 0 heterocycles. The SMILES string of the molecule is CCOc1cc(CNCc2ccccc2)cc(Cl)c1OCc1ccc(F)cc1Cl. The monoisotopic (exact) mass is 433 g/mol. The molecular weight excluding hydrogens is 412 g/mol. The summed E-state index contributed by atoms with van der Waals surface area (Å²) in [6.07, 6.45) is 0. The van der Waals surface area contributed by atoms with Gasteiger partial charge in [-0.25, -0.2) is 4.39 Å². The number of hydrogen-bond acceptors (Lipinski definition) is 3. The van der Waals surface area contributed by atoms with Crippen molar-refractivity contribution in [1.29, 1.82) is 0 Å². The smallest absolute Gasteiger partial charge is 0.180 e. The fraction of sp³-hybridized carbons (Fsp3) is 0.217. The van der Waals surface area contributed by atoms with E-state index >= 15 is 0 Å². The second kappa shape index (κ2) is 10.5. The van der Waals surface area contributed by atoms with Crippen molar-refractivity contribution in [1.82, 2.24) is 5.32 Å². The van der Waals surface area contributed by atoms with E-state index in [9.17, 15) is 4.39 Å². The second-order valence-electron chi connectivity index (χ2n) is 6.45. The van der Waals surface area contributed by atoms with Gasteiger partial charge in [-0.1, -0.05) is 59.6 Å². The third kappa shape index (κ3) is 6.10. The summed E-state index contributed by atoms with van der Waals surface area (Å²) in [6.45, 7) is 3.92. The summed E-state index contributed by atoms with van der Waals surface area (Å²) in [6, 6.07) is 18.1. The van der Waals surface area contributed by atoms with E-state index in [4.69, 9.17) is 32.7 Å². The highest BCUT2D eigenvalue weighted by atomic mass is 35.5. The Bertz CT molecular complexity index is 951. The highest BCUT2D eigenvalue weighted by Crippen LogP contribution is 2.37. The molecule has 0 bridgehead atoms. The van der Waals surface area contributed by atoms with Crippen LogP contribution in [0.5, 0.6) is 11.5 Å². The summed E-state index contributed by atoms with van der Waals surface area (Å²) in [5.74, 6) is 0.620. The quantitative estimate of drug-likeness (QED) is 0.423. The van der Waals surface area contributed by atoms with Gasteiger partial charge < -0.3 is 14.8 Å². The van der Waals surface area contributed by atoms with Crippen LogP contribution in [0.15, 0.2) is 60.7 Å². The fourth-order valence-electron chi connectivity index (χ4n) is 2.86. The topological polar surface area (TPSA) is 30.5 Å². The van der Waals surface area contributed by atoms with Gasteiger partial charge in [0, 0.05) is 18.7 Å². The number of nitrogens with one attached hydrogen (secondary N) is 1. The summed E-state index contributed by atoms with van der Waals surface area (Å²) < 4.78 is 24.8. The second-order valence-corrected chi connectivity index (χ2v) is 7.27. The van der Waals surface area contributed by atoms with Crippen LogP contribution in [0.2, 0.25) is 10.0 Å². The summed E-state index contributed by atoms with van der Waals surface area (Å²) in [5, 5.41) is 4.15. The molecular formula is C23H22Cl2FNO2. The normalized spacial score (nSPS) is 10.8. The van der Waals surface area contributed by atoms with Crippen LogP contribution in [0, 0.1) is 5.82 Å². The van der Waals surface area contributed by atoms with Crippen LogP contribution in [0.4, 0.5) is 4.39 Å². The zero-order valence-corrected chi connectivity index (χ0v) is 17.6. The van der Waals surface area contributed by atoms with E-state index < -0.39 is 0 Å². The van der Waals surface area contributed by atoms with Gasteiger partial charge in [-0.05, 0) is 42.3 Å². The molecule has 0 aromatic heterocycles. The zero-order valence-electron chi connectivity index (χ0n) is 16.1. The van der Waals surface area contributed by atoms with Crippen molar-refractivity contribution in [3.63, 3.8) is 0 Å². The Kier molecular flexibility index (Phi) is 7.76. The molecule has 0 aliphatic heterocycles. The van der Waals surface area contributed by atoms with Crippen LogP contribution in [0.1, 0.15) is 23.6 Å². The Labute approximate surface area is 180 Å². The summed E-state index contributed by atoms with van der Waals surface area (Å²) in [4.78, 5) is 0. The predicted octanol–water partition coefficient (Wildman–Crippen LogP) is 6.40. The maximum atomic E-state index is 13.2. The van der Waals surface area contributed by atoms with Gasteiger partial charge in [0.05, 0.1) is 16.7 Å². The van der Waals surface area contributed by atoms with Crippen LogP contribution in [0.3, 0.4) is 0 Å². The Morgan fingerprint density at radius 2 is 1.62 bits per heavy atom. The molecule has 0 aliphatic rings. The highest BCUT2D eigenvalue weighted by molar-refractivity contribution is 6.32. The van der Waals surface area contributed by atoms with Crippen LogP contribution in [-0.2, 0) is 19.7 Å². The first-order chi connectivity index (χ1) is 14.1. The minimum Gasteiger partial charge on any atom is -0.490 e. The average molecular weight is 434 g/mol. The van der Waals surface area contributed by atoms with Gasteiger partial charge in [0.25, 0.3) is 0 Å². The lowest BCUT2D eigenvalue weighted by Crippen LogP contribution is -2.13. The zero-order chi connectivity index (χ0) is 20.6. The van der Waals surface area contributed by atoms with Crippen molar-refractivity contribution in [2.45, 2.75) is 26.6 Å². The number of halogens is 3. The van der Waals surface area contributed by atoms with Crippen molar-refractivity contribution in [2.75, 3.05) is 6.61 Å². The molecule has 0 aliphatic carbocycles. The van der Waals surface area contributed by atoms with Crippen LogP contribution < -0.4 is 14.8 Å². The first kappa shape index (κ1) is 21.4. The van der Waals surface area contributed by atoms with Gasteiger partial charge in [0.2, 0.25) is 0 Å². The molecule has 0 fully saturated rings. The molecule has 0 atom stereocenters. The van der Waals surface area contributed by atoms with Gasteiger partial charge in [-0.15, -0.1) is 0 Å². The minimum atomic E-state index is -0.390. The minimum absolute atomic E-state index is 0.157. The molecule has 1 N–H and O–H groups in total. The number of hydrogen-bond donors (Lipinski definition) is 1. The third-order valence-corrected chi connectivity index (χ3v) is 4.89. The van der Waals surface area contributed by atoms with Crippen molar-refractivity contribution in [3.8, 4) is 11.5 Å². The molecule has 3 aromatic rings. The molecule has 0 saturated carbocycles. The van der Waals surface area contributed by atoms with Gasteiger partial charge in [0.1, 0.15) is 12.4 Å². The lowest BCUT2D eigenvalue weighted by molar-refractivity contribution is 0.269. The standard InChI is InChI=1S/C23H22Cl2FNO2/c1-2-28-22-11-17(14-27-13-16-6-4-3-5-7-16)10-21(25)23(22)29-15-18-8-9-19(26)12-20(18)24/h3-12,27H,2,13-15H2,1H3. The van der Waals surface area contributed by atoms with Crippen molar-refractivity contribution in [3.05, 3.63) is 93.2 Å². The summed E-state index contributed by atoms with van der Waals surface area (Å²) in [5.41, 5.74) is 2.86. The number of rotatable bonds is 9. The summed E-state index contributed by atoms with van der Waals surface area (Å²) in [7, 11) is 0. The average Bonchev–Trinajstić information content (AvgIpc) is 2.70. The summed E-state index contributed by atoms with van der Waals surface area (Å²) >= 11 is 12.5. The van der Waals surface area contributed by atoms with E-state index in [2.05, 4.69) is 17.4 Å². The molecule has 29 heavy (non-hydrogen) atoms. The van der Waals surface area contributed by atoms with Crippen molar-refractivity contribution >= 4 is 23.2 Å². The molecule has 152 valence electrons.